The van der Waals surface area contributed by atoms with Crippen LogP contribution in [0.5, 0.6) is 0 Å². The Morgan fingerprint density at radius 3 is 1.12 bits per heavy atom. The third-order valence-electron chi connectivity index (χ3n) is 13.5. The standard InChI is InChI=1S/C59H113NO5/c1-3-5-7-9-11-13-15-17-18-19-20-21-22-23-25-28-31-35-39-43-47-51-57(62)56(55-61)60-58(63)52-48-44-40-36-32-29-26-24-27-30-34-38-42-46-50-54-65-59(64)53-49-45-41-37-33-16-14-12-10-8-6-4-2/h12,14,47,51,56-57,61-62H,3-11,13,15-46,48-50,52-55H2,1-2H3,(H,60,63)/b14-12-,51-47+. The van der Waals surface area contributed by atoms with E-state index in [4.69, 9.17) is 4.74 Å². The average molecular weight is 917 g/mol. The first kappa shape index (κ1) is 63.3. The molecule has 0 fully saturated rings. The quantitative estimate of drug-likeness (QED) is 0.0321. The van der Waals surface area contributed by atoms with Gasteiger partial charge in [0.25, 0.3) is 0 Å². The normalized spacial score (nSPS) is 12.7. The lowest BCUT2D eigenvalue weighted by molar-refractivity contribution is -0.143. The molecule has 2 unspecified atom stereocenters. The molecule has 0 bridgehead atoms. The number of hydrogen-bond acceptors (Lipinski definition) is 5. The van der Waals surface area contributed by atoms with Gasteiger partial charge in [-0.3, -0.25) is 9.59 Å². The van der Waals surface area contributed by atoms with E-state index in [-0.39, 0.29) is 18.5 Å². The smallest absolute Gasteiger partial charge is 0.305 e. The maximum absolute atomic E-state index is 12.5. The Morgan fingerprint density at radius 2 is 0.723 bits per heavy atom. The van der Waals surface area contributed by atoms with Gasteiger partial charge in [-0.1, -0.05) is 269 Å². The molecule has 0 aliphatic rings. The van der Waals surface area contributed by atoms with Crippen molar-refractivity contribution in [1.82, 2.24) is 5.32 Å². The Kier molecular flexibility index (Phi) is 53.5. The van der Waals surface area contributed by atoms with Gasteiger partial charge in [0, 0.05) is 12.8 Å². The van der Waals surface area contributed by atoms with E-state index in [0.29, 0.717) is 19.4 Å². The number of aliphatic hydroxyl groups excluding tert-OH is 2. The first-order valence-corrected chi connectivity index (χ1v) is 29.1. The zero-order chi connectivity index (χ0) is 47.2. The number of carbonyl (C=O) groups is 2. The molecular weight excluding hydrogens is 803 g/mol. The topological polar surface area (TPSA) is 95.9 Å². The highest BCUT2D eigenvalue weighted by molar-refractivity contribution is 5.76. The number of hydrogen-bond donors (Lipinski definition) is 3. The van der Waals surface area contributed by atoms with Gasteiger partial charge < -0.3 is 20.3 Å². The molecular formula is C59H113NO5. The van der Waals surface area contributed by atoms with Crippen molar-refractivity contribution in [2.24, 2.45) is 0 Å². The lowest BCUT2D eigenvalue weighted by Gasteiger charge is -2.20. The van der Waals surface area contributed by atoms with Crippen LogP contribution in [0.3, 0.4) is 0 Å². The van der Waals surface area contributed by atoms with Gasteiger partial charge in [-0.15, -0.1) is 0 Å². The van der Waals surface area contributed by atoms with E-state index in [0.717, 1.165) is 51.4 Å². The number of unbranched alkanes of at least 4 members (excludes halogenated alkanes) is 41. The van der Waals surface area contributed by atoms with E-state index in [2.05, 4.69) is 31.3 Å². The number of nitrogens with one attached hydrogen (secondary N) is 1. The monoisotopic (exact) mass is 916 g/mol. The molecule has 6 nitrogen and oxygen atoms in total. The van der Waals surface area contributed by atoms with Crippen LogP contribution in [-0.2, 0) is 14.3 Å². The molecule has 0 rings (SSSR count). The number of aliphatic hydroxyl groups is 2. The van der Waals surface area contributed by atoms with Crippen molar-refractivity contribution >= 4 is 11.9 Å². The molecule has 0 saturated carbocycles. The Balaban J connectivity index is 3.47. The Hall–Kier alpha value is -1.66. The minimum Gasteiger partial charge on any atom is -0.466 e. The maximum Gasteiger partial charge on any atom is 0.305 e. The molecule has 0 aliphatic heterocycles. The minimum absolute atomic E-state index is 0.0102. The summed E-state index contributed by atoms with van der Waals surface area (Å²) in [5.41, 5.74) is 0. The summed E-state index contributed by atoms with van der Waals surface area (Å²) in [6, 6.07) is -0.635. The van der Waals surface area contributed by atoms with Gasteiger partial charge in [0.2, 0.25) is 5.91 Å². The average Bonchev–Trinajstić information content (AvgIpc) is 3.31. The molecule has 3 N–H and O–H groups in total. The van der Waals surface area contributed by atoms with Gasteiger partial charge in [-0.05, 0) is 57.8 Å². The van der Waals surface area contributed by atoms with Crippen molar-refractivity contribution < 1.29 is 24.5 Å². The van der Waals surface area contributed by atoms with E-state index < -0.39 is 12.1 Å². The summed E-state index contributed by atoms with van der Waals surface area (Å²) >= 11 is 0. The van der Waals surface area contributed by atoms with Crippen LogP contribution in [0, 0.1) is 0 Å². The molecule has 384 valence electrons. The van der Waals surface area contributed by atoms with Crippen LogP contribution in [0.25, 0.3) is 0 Å². The summed E-state index contributed by atoms with van der Waals surface area (Å²) in [5, 5.41) is 23.2. The van der Waals surface area contributed by atoms with Crippen LogP contribution in [0.4, 0.5) is 0 Å². The fourth-order valence-electron chi connectivity index (χ4n) is 8.98. The Bertz CT molecular complexity index is 1010. The summed E-state index contributed by atoms with van der Waals surface area (Å²) in [6.45, 7) is 4.88. The van der Waals surface area contributed by atoms with E-state index in [1.807, 2.05) is 6.08 Å². The maximum atomic E-state index is 12.5. The molecule has 0 aromatic carbocycles. The fraction of sp³-hybridized carbons (Fsp3) is 0.898. The van der Waals surface area contributed by atoms with E-state index in [1.54, 1.807) is 6.08 Å². The van der Waals surface area contributed by atoms with Crippen LogP contribution in [0.2, 0.25) is 0 Å². The fourth-order valence-corrected chi connectivity index (χ4v) is 8.98. The molecule has 0 heterocycles. The second-order valence-corrected chi connectivity index (χ2v) is 20.0. The first-order valence-electron chi connectivity index (χ1n) is 29.1. The molecule has 1 amide bonds. The number of ether oxygens (including phenoxy) is 1. The van der Waals surface area contributed by atoms with Crippen molar-refractivity contribution in [2.45, 2.75) is 328 Å². The van der Waals surface area contributed by atoms with E-state index in [1.165, 1.54) is 238 Å². The van der Waals surface area contributed by atoms with Gasteiger partial charge in [0.05, 0.1) is 25.4 Å². The third kappa shape index (κ3) is 51.6. The summed E-state index contributed by atoms with van der Waals surface area (Å²) < 4.78 is 5.45. The summed E-state index contributed by atoms with van der Waals surface area (Å²) in [4.78, 5) is 24.5. The number of allylic oxidation sites excluding steroid dienone is 3. The molecule has 65 heavy (non-hydrogen) atoms. The highest BCUT2D eigenvalue weighted by atomic mass is 16.5. The van der Waals surface area contributed by atoms with Crippen LogP contribution in [0.1, 0.15) is 316 Å². The van der Waals surface area contributed by atoms with Crippen molar-refractivity contribution in [3.05, 3.63) is 24.3 Å². The van der Waals surface area contributed by atoms with Gasteiger partial charge in [-0.2, -0.15) is 0 Å². The molecule has 6 heteroatoms. The summed E-state index contributed by atoms with van der Waals surface area (Å²) in [6.07, 6.45) is 66.2. The van der Waals surface area contributed by atoms with E-state index in [9.17, 15) is 19.8 Å². The van der Waals surface area contributed by atoms with Crippen molar-refractivity contribution in [3.8, 4) is 0 Å². The Morgan fingerprint density at radius 1 is 0.415 bits per heavy atom. The summed E-state index contributed by atoms with van der Waals surface area (Å²) in [7, 11) is 0. The predicted molar refractivity (Wildman–Crippen MR) is 283 cm³/mol. The molecule has 0 saturated heterocycles. The Labute approximate surface area is 405 Å². The molecule has 0 aliphatic carbocycles. The zero-order valence-electron chi connectivity index (χ0n) is 43.7. The summed E-state index contributed by atoms with van der Waals surface area (Å²) in [5.74, 6) is -0.0844. The molecule has 2 atom stereocenters. The van der Waals surface area contributed by atoms with Crippen LogP contribution < -0.4 is 5.32 Å². The molecule has 0 aromatic rings. The molecule has 0 spiro atoms. The van der Waals surface area contributed by atoms with Crippen molar-refractivity contribution in [3.63, 3.8) is 0 Å². The lowest BCUT2D eigenvalue weighted by atomic mass is 10.0. The van der Waals surface area contributed by atoms with E-state index >= 15 is 0 Å². The highest BCUT2D eigenvalue weighted by Gasteiger charge is 2.18. The van der Waals surface area contributed by atoms with Gasteiger partial charge in [0.15, 0.2) is 0 Å². The second-order valence-electron chi connectivity index (χ2n) is 20.0. The van der Waals surface area contributed by atoms with Gasteiger partial charge >= 0.3 is 5.97 Å². The predicted octanol–water partition coefficient (Wildman–Crippen LogP) is 17.9. The SMILES string of the molecule is CCCCC/C=C\CCCCCCCC(=O)OCCCCCCCCCCCCCCCCCC(=O)NC(CO)C(O)/C=C/CCCCCCCCCCCCCCCCCCCCC. The second kappa shape index (κ2) is 54.9. The lowest BCUT2D eigenvalue weighted by Crippen LogP contribution is -2.45. The van der Waals surface area contributed by atoms with Gasteiger partial charge in [-0.25, -0.2) is 0 Å². The van der Waals surface area contributed by atoms with Crippen LogP contribution in [0.15, 0.2) is 24.3 Å². The largest absolute Gasteiger partial charge is 0.466 e. The zero-order valence-corrected chi connectivity index (χ0v) is 43.7. The number of esters is 1. The highest BCUT2D eigenvalue weighted by Crippen LogP contribution is 2.17. The van der Waals surface area contributed by atoms with Crippen molar-refractivity contribution in [1.29, 1.82) is 0 Å². The first-order chi connectivity index (χ1) is 32.0. The van der Waals surface area contributed by atoms with Gasteiger partial charge in [0.1, 0.15) is 0 Å². The third-order valence-corrected chi connectivity index (χ3v) is 13.5. The molecule has 0 aromatic heterocycles. The van der Waals surface area contributed by atoms with Crippen LogP contribution >= 0.6 is 0 Å². The number of amides is 1. The number of rotatable bonds is 54. The van der Waals surface area contributed by atoms with Crippen molar-refractivity contribution in [2.75, 3.05) is 13.2 Å². The minimum atomic E-state index is -0.851. The number of carbonyl (C=O) groups excluding carboxylic acids is 2. The van der Waals surface area contributed by atoms with Crippen LogP contribution in [-0.4, -0.2) is 47.4 Å². The molecule has 0 radical (unpaired) electrons.